The Kier molecular flexibility index (Phi) is 7.91. The normalized spacial score (nSPS) is 15.3. The summed E-state index contributed by atoms with van der Waals surface area (Å²) in [6.07, 6.45) is 0.792. The molecule has 0 saturated carbocycles. The van der Waals surface area contributed by atoms with Crippen molar-refractivity contribution in [3.8, 4) is 5.69 Å². The molecule has 1 fully saturated rings. The Morgan fingerprint density at radius 2 is 2.14 bits per heavy atom. The highest BCUT2D eigenvalue weighted by atomic mass is 32.2. The molecule has 1 aliphatic heterocycles. The Balaban J connectivity index is 1.80. The third kappa shape index (κ3) is 5.71. The van der Waals surface area contributed by atoms with Gasteiger partial charge in [0.2, 0.25) is 11.9 Å². The molecule has 3 rings (SSSR count). The van der Waals surface area contributed by atoms with Crippen LogP contribution in [0.2, 0.25) is 0 Å². The second kappa shape index (κ2) is 10.6. The van der Waals surface area contributed by atoms with Crippen molar-refractivity contribution in [3.05, 3.63) is 29.8 Å². The number of carbonyl (C=O) groups excluding carboxylic acids is 1. The number of hydrogen-bond acceptors (Lipinski definition) is 7. The fraction of sp³-hybridized carbons (Fsp3) is 0.550. The van der Waals surface area contributed by atoms with Crippen molar-refractivity contribution in [2.45, 2.75) is 30.7 Å². The third-order valence-corrected chi connectivity index (χ3v) is 5.69. The molecule has 0 radical (unpaired) electrons. The van der Waals surface area contributed by atoms with E-state index in [1.807, 2.05) is 23.6 Å². The van der Waals surface area contributed by atoms with Crippen molar-refractivity contribution in [1.29, 1.82) is 0 Å². The second-order valence-electron chi connectivity index (χ2n) is 6.95. The number of anilines is 1. The molecule has 158 valence electrons. The minimum atomic E-state index is -0.289. The van der Waals surface area contributed by atoms with E-state index >= 15 is 0 Å². The number of rotatable bonds is 9. The van der Waals surface area contributed by atoms with Crippen molar-refractivity contribution in [3.63, 3.8) is 0 Å². The Labute approximate surface area is 176 Å². The highest BCUT2D eigenvalue weighted by Crippen LogP contribution is 2.30. The zero-order chi connectivity index (χ0) is 20.6. The van der Waals surface area contributed by atoms with Crippen LogP contribution in [0, 0.1) is 6.92 Å². The highest BCUT2D eigenvalue weighted by molar-refractivity contribution is 8.00. The molecule has 0 bridgehead atoms. The molecule has 0 aliphatic carbocycles. The fourth-order valence-corrected chi connectivity index (χ4v) is 3.97. The third-order valence-electron chi connectivity index (χ3n) is 4.65. The van der Waals surface area contributed by atoms with E-state index in [1.54, 1.807) is 7.11 Å². The van der Waals surface area contributed by atoms with Gasteiger partial charge >= 0.3 is 0 Å². The van der Waals surface area contributed by atoms with Gasteiger partial charge in [-0.1, -0.05) is 23.9 Å². The second-order valence-corrected chi connectivity index (χ2v) is 8.26. The predicted molar refractivity (Wildman–Crippen MR) is 114 cm³/mol. The SMILES string of the molecule is COCCCNC(=O)C(C)Sc1nnc(N2CCOCC2)n1-c1cccc(C)c1. The molecular formula is C20H29N5O3S. The Morgan fingerprint density at radius 1 is 1.34 bits per heavy atom. The molecule has 1 unspecified atom stereocenters. The van der Waals surface area contributed by atoms with Gasteiger partial charge in [-0.3, -0.25) is 9.36 Å². The van der Waals surface area contributed by atoms with Gasteiger partial charge in [0, 0.05) is 33.4 Å². The Bertz CT molecular complexity index is 807. The van der Waals surface area contributed by atoms with Crippen LogP contribution in [0.4, 0.5) is 5.95 Å². The number of thioether (sulfide) groups is 1. The summed E-state index contributed by atoms with van der Waals surface area (Å²) in [5.74, 6) is 0.770. The summed E-state index contributed by atoms with van der Waals surface area (Å²) < 4.78 is 12.5. The number of hydrogen-bond donors (Lipinski definition) is 1. The number of benzene rings is 1. The van der Waals surface area contributed by atoms with Gasteiger partial charge in [0.15, 0.2) is 5.16 Å². The van der Waals surface area contributed by atoms with Crippen molar-refractivity contribution >= 4 is 23.6 Å². The maximum atomic E-state index is 12.5. The number of methoxy groups -OCH3 is 1. The lowest BCUT2D eigenvalue weighted by Crippen LogP contribution is -2.38. The number of carbonyl (C=O) groups is 1. The highest BCUT2D eigenvalue weighted by Gasteiger charge is 2.24. The summed E-state index contributed by atoms with van der Waals surface area (Å²) in [7, 11) is 1.66. The Morgan fingerprint density at radius 3 is 2.86 bits per heavy atom. The molecule has 1 saturated heterocycles. The molecule has 0 spiro atoms. The van der Waals surface area contributed by atoms with Gasteiger partial charge < -0.3 is 19.7 Å². The number of morpholine rings is 1. The number of ether oxygens (including phenoxy) is 2. The lowest BCUT2D eigenvalue weighted by molar-refractivity contribution is -0.120. The van der Waals surface area contributed by atoms with Gasteiger partial charge in [-0.2, -0.15) is 0 Å². The van der Waals surface area contributed by atoms with E-state index in [1.165, 1.54) is 11.8 Å². The van der Waals surface area contributed by atoms with E-state index < -0.39 is 0 Å². The van der Waals surface area contributed by atoms with Crippen molar-refractivity contribution in [1.82, 2.24) is 20.1 Å². The van der Waals surface area contributed by atoms with Crippen LogP contribution in [0.5, 0.6) is 0 Å². The average molecular weight is 420 g/mol. The van der Waals surface area contributed by atoms with E-state index in [4.69, 9.17) is 9.47 Å². The first-order valence-corrected chi connectivity index (χ1v) is 10.8. The molecule has 8 nitrogen and oxygen atoms in total. The quantitative estimate of drug-likeness (QED) is 0.492. The smallest absolute Gasteiger partial charge is 0.233 e. The van der Waals surface area contributed by atoms with Crippen molar-refractivity contribution in [2.24, 2.45) is 0 Å². The minimum Gasteiger partial charge on any atom is -0.385 e. The standard InChI is InChI=1S/C20H29N5O3S/c1-15-6-4-7-17(14-15)25-19(24-9-12-28-13-10-24)22-23-20(25)29-16(2)18(26)21-8-5-11-27-3/h4,6-7,14,16H,5,8-13H2,1-3H3,(H,21,26). The molecule has 1 atom stereocenters. The summed E-state index contributed by atoms with van der Waals surface area (Å²) in [5.41, 5.74) is 2.15. The first-order valence-electron chi connectivity index (χ1n) is 9.88. The van der Waals surface area contributed by atoms with Crippen LogP contribution in [0.1, 0.15) is 18.9 Å². The first-order chi connectivity index (χ1) is 14.1. The lowest BCUT2D eigenvalue weighted by Gasteiger charge is -2.28. The summed E-state index contributed by atoms with van der Waals surface area (Å²) in [5, 5.41) is 12.2. The maximum Gasteiger partial charge on any atom is 0.233 e. The number of nitrogens with zero attached hydrogens (tertiary/aromatic N) is 4. The topological polar surface area (TPSA) is 81.5 Å². The molecule has 1 N–H and O–H groups in total. The van der Waals surface area contributed by atoms with Crippen LogP contribution in [0.3, 0.4) is 0 Å². The molecule has 29 heavy (non-hydrogen) atoms. The van der Waals surface area contributed by atoms with Gasteiger partial charge in [-0.25, -0.2) is 0 Å². The zero-order valence-electron chi connectivity index (χ0n) is 17.3. The van der Waals surface area contributed by atoms with Gasteiger partial charge in [0.05, 0.1) is 24.2 Å². The van der Waals surface area contributed by atoms with Crippen LogP contribution in [0.15, 0.2) is 29.4 Å². The molecule has 9 heteroatoms. The predicted octanol–water partition coefficient (Wildman–Crippen LogP) is 2.05. The molecule has 1 aromatic heterocycles. The van der Waals surface area contributed by atoms with Gasteiger partial charge in [0.1, 0.15) is 0 Å². The van der Waals surface area contributed by atoms with E-state index in [0.717, 1.165) is 36.7 Å². The summed E-state index contributed by atoms with van der Waals surface area (Å²) >= 11 is 1.42. The van der Waals surface area contributed by atoms with E-state index in [9.17, 15) is 4.79 Å². The lowest BCUT2D eigenvalue weighted by atomic mass is 10.2. The van der Waals surface area contributed by atoms with Gasteiger partial charge in [-0.05, 0) is 38.0 Å². The van der Waals surface area contributed by atoms with E-state index in [0.29, 0.717) is 31.5 Å². The zero-order valence-corrected chi connectivity index (χ0v) is 18.1. The molecular weight excluding hydrogens is 390 g/mol. The number of amides is 1. The monoisotopic (exact) mass is 419 g/mol. The molecule has 2 heterocycles. The molecule has 1 amide bonds. The van der Waals surface area contributed by atoms with E-state index in [-0.39, 0.29) is 11.2 Å². The van der Waals surface area contributed by atoms with E-state index in [2.05, 4.69) is 39.5 Å². The van der Waals surface area contributed by atoms with Crippen LogP contribution in [0.25, 0.3) is 5.69 Å². The van der Waals surface area contributed by atoms with Crippen LogP contribution in [-0.2, 0) is 14.3 Å². The minimum absolute atomic E-state index is 0.0159. The fourth-order valence-electron chi connectivity index (χ4n) is 3.08. The van der Waals surface area contributed by atoms with Gasteiger partial charge in [-0.15, -0.1) is 10.2 Å². The molecule has 1 aliphatic rings. The van der Waals surface area contributed by atoms with Gasteiger partial charge in [0.25, 0.3) is 0 Å². The maximum absolute atomic E-state index is 12.5. The number of nitrogens with one attached hydrogen (secondary N) is 1. The summed E-state index contributed by atoms with van der Waals surface area (Å²) in [4.78, 5) is 14.6. The van der Waals surface area contributed by atoms with Crippen LogP contribution >= 0.6 is 11.8 Å². The van der Waals surface area contributed by atoms with Crippen LogP contribution < -0.4 is 10.2 Å². The summed E-state index contributed by atoms with van der Waals surface area (Å²) in [6, 6.07) is 8.23. The largest absolute Gasteiger partial charge is 0.385 e. The summed E-state index contributed by atoms with van der Waals surface area (Å²) in [6.45, 7) is 8.06. The number of aromatic nitrogens is 3. The van der Waals surface area contributed by atoms with Crippen molar-refractivity contribution in [2.75, 3.05) is 51.5 Å². The first kappa shape index (κ1) is 21.6. The molecule has 1 aromatic carbocycles. The van der Waals surface area contributed by atoms with Crippen LogP contribution in [-0.4, -0.2) is 72.5 Å². The van der Waals surface area contributed by atoms with Crippen molar-refractivity contribution < 1.29 is 14.3 Å². The molecule has 2 aromatic rings. The Hall–Kier alpha value is -2.10. The average Bonchev–Trinajstić information content (AvgIpc) is 3.15. The number of aryl methyl sites for hydroxylation is 1.